The highest BCUT2D eigenvalue weighted by Crippen LogP contribution is 2.44. The van der Waals surface area contributed by atoms with E-state index in [9.17, 15) is 0 Å². The second kappa shape index (κ2) is 6.33. The van der Waals surface area contributed by atoms with Gasteiger partial charge in [-0.3, -0.25) is 0 Å². The molecule has 0 fully saturated rings. The number of methoxy groups -OCH3 is 1. The summed E-state index contributed by atoms with van der Waals surface area (Å²) < 4.78 is 11.0. The SMILES string of the molecule is CC[C@@H]1CNc2cc3ccccc3c(OCOC)c21.Cl. The topological polar surface area (TPSA) is 30.5 Å². The summed E-state index contributed by atoms with van der Waals surface area (Å²) in [6.07, 6.45) is 1.11. The van der Waals surface area contributed by atoms with Crippen molar-refractivity contribution in [3.05, 3.63) is 35.9 Å². The highest BCUT2D eigenvalue weighted by molar-refractivity contribution is 5.94. The van der Waals surface area contributed by atoms with Crippen LogP contribution in [0.3, 0.4) is 0 Å². The van der Waals surface area contributed by atoms with Crippen LogP contribution in [0.15, 0.2) is 30.3 Å². The number of hydrogen-bond acceptors (Lipinski definition) is 3. The molecule has 1 aliphatic heterocycles. The Morgan fingerprint density at radius 2 is 2.10 bits per heavy atom. The van der Waals surface area contributed by atoms with Gasteiger partial charge in [0.1, 0.15) is 5.75 Å². The molecule has 2 aromatic rings. The van der Waals surface area contributed by atoms with E-state index in [2.05, 4.69) is 42.6 Å². The number of rotatable bonds is 4. The molecule has 1 N–H and O–H groups in total. The van der Waals surface area contributed by atoms with Crippen LogP contribution in [-0.4, -0.2) is 20.4 Å². The minimum absolute atomic E-state index is 0. The average molecular weight is 294 g/mol. The minimum atomic E-state index is 0. The van der Waals surface area contributed by atoms with Crippen molar-refractivity contribution in [1.29, 1.82) is 0 Å². The molecular weight excluding hydrogens is 274 g/mol. The Kier molecular flexibility index (Phi) is 4.73. The van der Waals surface area contributed by atoms with Gasteiger partial charge in [0, 0.05) is 36.2 Å². The van der Waals surface area contributed by atoms with Crippen LogP contribution in [0.25, 0.3) is 10.8 Å². The fraction of sp³-hybridized carbons (Fsp3) is 0.375. The quantitative estimate of drug-likeness (QED) is 0.859. The number of anilines is 1. The maximum absolute atomic E-state index is 5.88. The van der Waals surface area contributed by atoms with Crippen molar-refractivity contribution >= 4 is 28.9 Å². The molecule has 0 aliphatic carbocycles. The molecule has 1 heterocycles. The van der Waals surface area contributed by atoms with Crippen molar-refractivity contribution < 1.29 is 9.47 Å². The molecule has 0 aromatic heterocycles. The first-order chi connectivity index (χ1) is 9.35. The fourth-order valence-corrected chi connectivity index (χ4v) is 2.84. The highest BCUT2D eigenvalue weighted by Gasteiger charge is 2.26. The van der Waals surface area contributed by atoms with Gasteiger partial charge in [-0.05, 0) is 17.9 Å². The summed E-state index contributed by atoms with van der Waals surface area (Å²) in [5.41, 5.74) is 2.51. The van der Waals surface area contributed by atoms with Gasteiger partial charge in [-0.2, -0.15) is 0 Å². The first kappa shape index (κ1) is 14.9. The molecule has 0 radical (unpaired) electrons. The summed E-state index contributed by atoms with van der Waals surface area (Å²) >= 11 is 0. The van der Waals surface area contributed by atoms with E-state index in [1.807, 2.05) is 0 Å². The Bertz CT molecular complexity index is 600. The van der Waals surface area contributed by atoms with Crippen LogP contribution in [0.4, 0.5) is 5.69 Å². The van der Waals surface area contributed by atoms with Gasteiger partial charge in [0.15, 0.2) is 6.79 Å². The number of ether oxygens (including phenoxy) is 2. The maximum atomic E-state index is 5.88. The highest BCUT2D eigenvalue weighted by atomic mass is 35.5. The molecule has 0 bridgehead atoms. The molecule has 0 saturated heterocycles. The van der Waals surface area contributed by atoms with Gasteiger partial charge >= 0.3 is 0 Å². The van der Waals surface area contributed by atoms with E-state index in [0.717, 1.165) is 18.7 Å². The summed E-state index contributed by atoms with van der Waals surface area (Å²) in [4.78, 5) is 0. The Morgan fingerprint density at radius 3 is 2.85 bits per heavy atom. The summed E-state index contributed by atoms with van der Waals surface area (Å²) in [6.45, 7) is 3.50. The third-order valence-electron chi connectivity index (χ3n) is 3.80. The Balaban J connectivity index is 0.00000147. The van der Waals surface area contributed by atoms with Crippen LogP contribution in [-0.2, 0) is 4.74 Å². The molecule has 4 heteroatoms. The third-order valence-corrected chi connectivity index (χ3v) is 3.80. The lowest BCUT2D eigenvalue weighted by atomic mass is 9.94. The normalized spacial score (nSPS) is 16.4. The number of halogens is 1. The van der Waals surface area contributed by atoms with Crippen LogP contribution < -0.4 is 10.1 Å². The van der Waals surface area contributed by atoms with Crippen molar-refractivity contribution in [3.8, 4) is 5.75 Å². The predicted octanol–water partition coefficient (Wildman–Crippen LogP) is 4.16. The van der Waals surface area contributed by atoms with Crippen molar-refractivity contribution in [2.45, 2.75) is 19.3 Å². The van der Waals surface area contributed by atoms with Crippen molar-refractivity contribution in [3.63, 3.8) is 0 Å². The first-order valence-corrected chi connectivity index (χ1v) is 6.76. The molecular formula is C16H20ClNO2. The third kappa shape index (κ3) is 2.43. The van der Waals surface area contributed by atoms with Gasteiger partial charge in [0.25, 0.3) is 0 Å². The Hall–Kier alpha value is -1.45. The van der Waals surface area contributed by atoms with Crippen LogP contribution in [0.5, 0.6) is 5.75 Å². The number of hydrogen-bond donors (Lipinski definition) is 1. The van der Waals surface area contributed by atoms with E-state index in [1.54, 1.807) is 7.11 Å². The van der Waals surface area contributed by atoms with Crippen LogP contribution in [0.2, 0.25) is 0 Å². The smallest absolute Gasteiger partial charge is 0.188 e. The van der Waals surface area contributed by atoms with E-state index >= 15 is 0 Å². The summed E-state index contributed by atoms with van der Waals surface area (Å²) in [6, 6.07) is 10.6. The molecule has 20 heavy (non-hydrogen) atoms. The zero-order valence-corrected chi connectivity index (χ0v) is 12.6. The average Bonchev–Trinajstić information content (AvgIpc) is 2.86. The molecule has 3 nitrogen and oxygen atoms in total. The van der Waals surface area contributed by atoms with E-state index in [4.69, 9.17) is 9.47 Å². The summed E-state index contributed by atoms with van der Waals surface area (Å²) in [5.74, 6) is 1.50. The van der Waals surface area contributed by atoms with E-state index in [0.29, 0.717) is 5.92 Å². The van der Waals surface area contributed by atoms with Crippen molar-refractivity contribution in [1.82, 2.24) is 0 Å². The lowest BCUT2D eigenvalue weighted by Crippen LogP contribution is -2.04. The van der Waals surface area contributed by atoms with Crippen molar-refractivity contribution in [2.75, 3.05) is 25.8 Å². The lowest BCUT2D eigenvalue weighted by Gasteiger charge is -2.16. The monoisotopic (exact) mass is 293 g/mol. The van der Waals surface area contributed by atoms with Gasteiger partial charge < -0.3 is 14.8 Å². The summed E-state index contributed by atoms with van der Waals surface area (Å²) in [5, 5.41) is 5.86. The first-order valence-electron chi connectivity index (χ1n) is 6.76. The van der Waals surface area contributed by atoms with Crippen LogP contribution in [0, 0.1) is 0 Å². The van der Waals surface area contributed by atoms with Crippen molar-refractivity contribution in [2.24, 2.45) is 0 Å². The van der Waals surface area contributed by atoms with Crippen LogP contribution in [0.1, 0.15) is 24.8 Å². The molecule has 0 saturated carbocycles. The molecule has 0 amide bonds. The molecule has 3 rings (SSSR count). The number of benzene rings is 2. The zero-order valence-electron chi connectivity index (χ0n) is 11.8. The maximum Gasteiger partial charge on any atom is 0.188 e. The molecule has 0 unspecified atom stereocenters. The number of nitrogens with one attached hydrogen (secondary N) is 1. The van der Waals surface area contributed by atoms with E-state index in [1.165, 1.54) is 22.0 Å². The Morgan fingerprint density at radius 1 is 1.30 bits per heavy atom. The molecule has 1 atom stereocenters. The van der Waals surface area contributed by atoms with Gasteiger partial charge in [0.2, 0.25) is 0 Å². The standard InChI is InChI=1S/C16H19NO2.ClH/c1-3-11-9-17-14-8-12-6-4-5-7-13(12)16(15(11)14)19-10-18-2;/h4-8,11,17H,3,9-10H2,1-2H3;1H/t11-;/m1./s1. The molecule has 0 spiro atoms. The van der Waals surface area contributed by atoms with Crippen LogP contribution >= 0.6 is 12.4 Å². The summed E-state index contributed by atoms with van der Waals surface area (Å²) in [7, 11) is 1.65. The minimum Gasteiger partial charge on any atom is -0.467 e. The second-order valence-electron chi connectivity index (χ2n) is 4.92. The lowest BCUT2D eigenvalue weighted by molar-refractivity contribution is 0.0515. The Labute approximate surface area is 125 Å². The molecule has 2 aromatic carbocycles. The van der Waals surface area contributed by atoms with Gasteiger partial charge in [-0.1, -0.05) is 31.2 Å². The predicted molar refractivity (Wildman–Crippen MR) is 85.2 cm³/mol. The van der Waals surface area contributed by atoms with Gasteiger partial charge in [0.05, 0.1) is 0 Å². The van der Waals surface area contributed by atoms with Gasteiger partial charge in [-0.25, -0.2) is 0 Å². The molecule has 1 aliphatic rings. The number of fused-ring (bicyclic) bond motifs is 2. The second-order valence-corrected chi connectivity index (χ2v) is 4.92. The zero-order chi connectivity index (χ0) is 13.2. The molecule has 108 valence electrons. The van der Waals surface area contributed by atoms with E-state index < -0.39 is 0 Å². The van der Waals surface area contributed by atoms with Gasteiger partial charge in [-0.15, -0.1) is 12.4 Å². The largest absolute Gasteiger partial charge is 0.467 e. The van der Waals surface area contributed by atoms with E-state index in [-0.39, 0.29) is 19.2 Å². The fourth-order valence-electron chi connectivity index (χ4n) is 2.84.